The molecule has 0 aliphatic heterocycles. The number of carbonyl (C=O) groups is 1. The van der Waals surface area contributed by atoms with Crippen LogP contribution in [-0.4, -0.2) is 12.9 Å². The van der Waals surface area contributed by atoms with Gasteiger partial charge in [-0.15, -0.1) is 0 Å². The number of ether oxygens (including phenoxy) is 2. The number of allylic oxidation sites excluding steroid dienone is 1. The second-order valence-corrected chi connectivity index (χ2v) is 8.89. The van der Waals surface area contributed by atoms with Crippen molar-refractivity contribution in [2.24, 2.45) is 0 Å². The summed E-state index contributed by atoms with van der Waals surface area (Å²) >= 11 is 0. The van der Waals surface area contributed by atoms with Crippen LogP contribution in [-0.2, 0) is 13.0 Å². The average Bonchev–Trinajstić information content (AvgIpc) is 2.95. The molecule has 0 fully saturated rings. The highest BCUT2D eigenvalue weighted by molar-refractivity contribution is 6.08. The normalized spacial score (nSPS) is 11.1. The van der Waals surface area contributed by atoms with Gasteiger partial charge in [0, 0.05) is 17.5 Å². The molecule has 0 spiro atoms. The highest BCUT2D eigenvalue weighted by atomic mass is 16.5. The van der Waals surface area contributed by atoms with Crippen molar-refractivity contribution < 1.29 is 14.3 Å². The first-order valence-electron chi connectivity index (χ1n) is 12.3. The van der Waals surface area contributed by atoms with E-state index < -0.39 is 0 Å². The number of para-hydroxylation sites is 1. The van der Waals surface area contributed by atoms with Gasteiger partial charge in [-0.25, -0.2) is 0 Å². The predicted octanol–water partition coefficient (Wildman–Crippen LogP) is 7.91. The van der Waals surface area contributed by atoms with Crippen LogP contribution >= 0.6 is 0 Å². The molecule has 182 valence electrons. The van der Waals surface area contributed by atoms with Crippen LogP contribution < -0.4 is 9.47 Å². The van der Waals surface area contributed by atoms with Crippen molar-refractivity contribution in [1.82, 2.24) is 0 Å². The number of hydrogen-bond acceptors (Lipinski definition) is 3. The minimum absolute atomic E-state index is 0.0331. The number of carbonyl (C=O) groups excluding carboxylic acids is 1. The van der Waals surface area contributed by atoms with Gasteiger partial charge >= 0.3 is 0 Å². The Morgan fingerprint density at radius 3 is 2.30 bits per heavy atom. The molecule has 0 aliphatic rings. The van der Waals surface area contributed by atoms with Crippen LogP contribution in [0.15, 0.2) is 121 Å². The molecule has 5 rings (SSSR count). The quantitative estimate of drug-likeness (QED) is 0.157. The van der Waals surface area contributed by atoms with Crippen LogP contribution in [0.5, 0.6) is 11.5 Å². The van der Waals surface area contributed by atoms with Crippen molar-refractivity contribution in [2.45, 2.75) is 13.0 Å². The van der Waals surface area contributed by atoms with Crippen LogP contribution in [0.2, 0.25) is 0 Å². The number of fused-ring (bicyclic) bond motifs is 1. The lowest BCUT2D eigenvalue weighted by Crippen LogP contribution is -2.02. The van der Waals surface area contributed by atoms with Crippen molar-refractivity contribution >= 4 is 22.6 Å². The summed E-state index contributed by atoms with van der Waals surface area (Å²) in [5.74, 6) is 1.56. The molecular weight excluding hydrogens is 456 g/mol. The molecule has 3 heteroatoms. The van der Waals surface area contributed by atoms with E-state index in [4.69, 9.17) is 9.47 Å². The summed E-state index contributed by atoms with van der Waals surface area (Å²) in [7, 11) is 1.65. The second-order valence-electron chi connectivity index (χ2n) is 8.89. The topological polar surface area (TPSA) is 35.5 Å². The Bertz CT molecular complexity index is 1550. The number of rotatable bonds is 9. The molecule has 0 heterocycles. The minimum atomic E-state index is -0.0331. The highest BCUT2D eigenvalue weighted by Crippen LogP contribution is 2.26. The first-order chi connectivity index (χ1) is 18.2. The Balaban J connectivity index is 1.31. The Morgan fingerprint density at radius 1 is 0.703 bits per heavy atom. The summed E-state index contributed by atoms with van der Waals surface area (Å²) in [5, 5.41) is 2.17. The fraction of sp³-hybridized carbons (Fsp3) is 0.0882. The SMILES string of the molecule is COc1ccc(/C=C/C(=O)c2ccc3ccccc3c2)cc1COc1ccccc1Cc1ccccc1. The number of hydrogen-bond donors (Lipinski definition) is 0. The molecule has 0 radical (unpaired) electrons. The first-order valence-corrected chi connectivity index (χ1v) is 12.3. The Kier molecular flexibility index (Phi) is 7.42. The van der Waals surface area contributed by atoms with Gasteiger partial charge in [-0.3, -0.25) is 4.79 Å². The van der Waals surface area contributed by atoms with Gasteiger partial charge in [0.25, 0.3) is 0 Å². The van der Waals surface area contributed by atoms with Crippen molar-refractivity contribution in [2.75, 3.05) is 7.11 Å². The standard InChI is InChI=1S/C34H28O3/c1-36-33-20-16-26(15-19-32(35)29-18-17-27-11-5-6-12-28(27)23-29)22-31(33)24-37-34-14-8-7-13-30(34)21-25-9-3-2-4-10-25/h2-20,22-23H,21,24H2,1H3/b19-15+. The van der Waals surface area contributed by atoms with E-state index in [1.165, 1.54) is 5.56 Å². The van der Waals surface area contributed by atoms with Gasteiger partial charge in [0.2, 0.25) is 0 Å². The molecule has 37 heavy (non-hydrogen) atoms. The fourth-order valence-electron chi connectivity index (χ4n) is 4.39. The van der Waals surface area contributed by atoms with E-state index in [-0.39, 0.29) is 5.78 Å². The van der Waals surface area contributed by atoms with E-state index in [1.54, 1.807) is 13.2 Å². The smallest absolute Gasteiger partial charge is 0.185 e. The molecule has 3 nitrogen and oxygen atoms in total. The molecule has 0 amide bonds. The van der Waals surface area contributed by atoms with Crippen molar-refractivity contribution in [3.05, 3.63) is 149 Å². The van der Waals surface area contributed by atoms with Crippen LogP contribution in [0.25, 0.3) is 16.8 Å². The number of methoxy groups -OCH3 is 1. The Labute approximate surface area is 217 Å². The molecule has 5 aromatic rings. The van der Waals surface area contributed by atoms with E-state index in [9.17, 15) is 4.79 Å². The van der Waals surface area contributed by atoms with Gasteiger partial charge in [0.1, 0.15) is 18.1 Å². The lowest BCUT2D eigenvalue weighted by atomic mass is 10.0. The van der Waals surface area contributed by atoms with Crippen LogP contribution in [0.4, 0.5) is 0 Å². The molecule has 5 aromatic carbocycles. The van der Waals surface area contributed by atoms with E-state index in [2.05, 4.69) is 18.2 Å². The van der Waals surface area contributed by atoms with Gasteiger partial charge in [0.15, 0.2) is 5.78 Å². The summed E-state index contributed by atoms with van der Waals surface area (Å²) < 4.78 is 11.8. The third-order valence-electron chi connectivity index (χ3n) is 6.36. The van der Waals surface area contributed by atoms with Crippen LogP contribution in [0.1, 0.15) is 32.6 Å². The molecule has 0 saturated carbocycles. The Hall–Kier alpha value is -4.63. The third kappa shape index (κ3) is 5.96. The van der Waals surface area contributed by atoms with Gasteiger partial charge in [-0.05, 0) is 57.8 Å². The molecule has 0 aromatic heterocycles. The van der Waals surface area contributed by atoms with E-state index in [0.29, 0.717) is 12.2 Å². The maximum absolute atomic E-state index is 12.8. The summed E-state index contributed by atoms with van der Waals surface area (Å²) in [6.45, 7) is 0.356. The lowest BCUT2D eigenvalue weighted by molar-refractivity contribution is 0.104. The highest BCUT2D eigenvalue weighted by Gasteiger charge is 2.09. The molecular formula is C34H28O3. The molecule has 0 aliphatic carbocycles. The molecule has 0 bridgehead atoms. The lowest BCUT2D eigenvalue weighted by Gasteiger charge is -2.14. The maximum atomic E-state index is 12.8. The van der Waals surface area contributed by atoms with Crippen LogP contribution in [0, 0.1) is 0 Å². The van der Waals surface area contributed by atoms with Crippen molar-refractivity contribution in [1.29, 1.82) is 0 Å². The van der Waals surface area contributed by atoms with Crippen molar-refractivity contribution in [3.8, 4) is 11.5 Å². The molecule has 0 atom stereocenters. The monoisotopic (exact) mass is 484 g/mol. The van der Waals surface area contributed by atoms with E-state index in [0.717, 1.165) is 45.4 Å². The summed E-state index contributed by atoms with van der Waals surface area (Å²) in [6, 6.07) is 38.1. The molecule has 0 saturated heterocycles. The second kappa shape index (κ2) is 11.4. The zero-order chi connectivity index (χ0) is 25.5. The third-order valence-corrected chi connectivity index (χ3v) is 6.36. The zero-order valence-corrected chi connectivity index (χ0v) is 20.8. The minimum Gasteiger partial charge on any atom is -0.496 e. The van der Waals surface area contributed by atoms with Gasteiger partial charge in [-0.1, -0.05) is 97.1 Å². The van der Waals surface area contributed by atoms with Gasteiger partial charge < -0.3 is 9.47 Å². The summed E-state index contributed by atoms with van der Waals surface area (Å²) in [5.41, 5.74) is 4.86. The van der Waals surface area contributed by atoms with Crippen LogP contribution in [0.3, 0.4) is 0 Å². The fourth-order valence-corrected chi connectivity index (χ4v) is 4.39. The van der Waals surface area contributed by atoms with Gasteiger partial charge in [0.05, 0.1) is 7.11 Å². The number of ketones is 1. The van der Waals surface area contributed by atoms with Gasteiger partial charge in [-0.2, -0.15) is 0 Å². The number of benzene rings is 5. The summed E-state index contributed by atoms with van der Waals surface area (Å²) in [6.07, 6.45) is 4.25. The molecule has 0 unspecified atom stereocenters. The van der Waals surface area contributed by atoms with E-state index in [1.807, 2.05) is 103 Å². The largest absolute Gasteiger partial charge is 0.496 e. The summed E-state index contributed by atoms with van der Waals surface area (Å²) in [4.78, 5) is 12.8. The zero-order valence-electron chi connectivity index (χ0n) is 20.8. The average molecular weight is 485 g/mol. The van der Waals surface area contributed by atoms with E-state index >= 15 is 0 Å². The maximum Gasteiger partial charge on any atom is 0.185 e. The molecule has 0 N–H and O–H groups in total. The first kappa shape index (κ1) is 24.1. The predicted molar refractivity (Wildman–Crippen MR) is 150 cm³/mol. The Morgan fingerprint density at radius 2 is 1.46 bits per heavy atom. The van der Waals surface area contributed by atoms with Crippen molar-refractivity contribution in [3.63, 3.8) is 0 Å².